The van der Waals surface area contributed by atoms with Crippen molar-refractivity contribution in [3.63, 3.8) is 0 Å². The van der Waals surface area contributed by atoms with Crippen LogP contribution in [0, 0.1) is 0 Å². The summed E-state index contributed by atoms with van der Waals surface area (Å²) in [6.45, 7) is 3.90. The average molecular weight is 355 g/mol. The summed E-state index contributed by atoms with van der Waals surface area (Å²) in [5.41, 5.74) is 0.906. The molecule has 1 unspecified atom stereocenters. The molecule has 0 spiro atoms. The number of nitrogens with one attached hydrogen (secondary N) is 2. The third-order valence-corrected chi connectivity index (χ3v) is 4.39. The molecule has 2 rings (SSSR count). The Kier molecular flexibility index (Phi) is 10.7. The first kappa shape index (κ1) is 20.9. The Bertz CT molecular complexity index is 448. The molecule has 2 N–H and O–H groups in total. The summed E-state index contributed by atoms with van der Waals surface area (Å²) in [6, 6.07) is 10.3. The Morgan fingerprint density at radius 3 is 2.42 bits per heavy atom. The molecule has 0 aromatic heterocycles. The van der Waals surface area contributed by atoms with Crippen molar-refractivity contribution in [1.82, 2.24) is 10.6 Å². The van der Waals surface area contributed by atoms with Gasteiger partial charge in [-0.05, 0) is 25.3 Å². The largest absolute Gasteiger partial charge is 0.364 e. The van der Waals surface area contributed by atoms with Gasteiger partial charge in [-0.15, -0.1) is 12.4 Å². The highest BCUT2D eigenvalue weighted by Crippen LogP contribution is 2.18. The van der Waals surface area contributed by atoms with E-state index >= 15 is 0 Å². The van der Waals surface area contributed by atoms with Crippen LogP contribution in [-0.2, 0) is 9.53 Å². The molecule has 0 aliphatic heterocycles. The average Bonchev–Trinajstić information content (AvgIpc) is 2.86. The van der Waals surface area contributed by atoms with Gasteiger partial charge in [-0.2, -0.15) is 0 Å². The van der Waals surface area contributed by atoms with Crippen LogP contribution in [-0.4, -0.2) is 31.6 Å². The zero-order valence-electron chi connectivity index (χ0n) is 14.6. The quantitative estimate of drug-likeness (QED) is 0.553. The lowest BCUT2D eigenvalue weighted by atomic mass is 10.1. The summed E-state index contributed by atoms with van der Waals surface area (Å²) in [4.78, 5) is 12.4. The van der Waals surface area contributed by atoms with Gasteiger partial charge in [0.25, 0.3) is 5.91 Å². The monoisotopic (exact) mass is 354 g/mol. The molecule has 1 aromatic carbocycles. The number of carbonyl (C=O) groups is 1. The van der Waals surface area contributed by atoms with Crippen LogP contribution in [0.2, 0.25) is 0 Å². The Labute approximate surface area is 152 Å². The zero-order valence-corrected chi connectivity index (χ0v) is 15.4. The molecule has 1 fully saturated rings. The van der Waals surface area contributed by atoms with Gasteiger partial charge in [0, 0.05) is 25.7 Å². The van der Waals surface area contributed by atoms with Crippen LogP contribution in [0.4, 0.5) is 0 Å². The van der Waals surface area contributed by atoms with Crippen LogP contribution in [0.5, 0.6) is 0 Å². The predicted molar refractivity (Wildman–Crippen MR) is 101 cm³/mol. The molecule has 0 bridgehead atoms. The van der Waals surface area contributed by atoms with E-state index in [1.807, 2.05) is 37.3 Å². The minimum atomic E-state index is -0.515. The molecule has 0 saturated heterocycles. The van der Waals surface area contributed by atoms with E-state index in [1.165, 1.54) is 38.5 Å². The van der Waals surface area contributed by atoms with E-state index in [9.17, 15) is 4.79 Å². The van der Waals surface area contributed by atoms with Gasteiger partial charge in [-0.3, -0.25) is 4.79 Å². The maximum Gasteiger partial charge on any atom is 0.253 e. The van der Waals surface area contributed by atoms with Gasteiger partial charge in [0.2, 0.25) is 0 Å². The second-order valence-corrected chi connectivity index (χ2v) is 6.18. The minimum absolute atomic E-state index is 0. The van der Waals surface area contributed by atoms with Crippen LogP contribution in [0.25, 0.3) is 0 Å². The van der Waals surface area contributed by atoms with E-state index in [4.69, 9.17) is 4.74 Å². The summed E-state index contributed by atoms with van der Waals surface area (Å²) in [7, 11) is 0. The van der Waals surface area contributed by atoms with Gasteiger partial charge in [0.15, 0.2) is 6.10 Å². The van der Waals surface area contributed by atoms with Gasteiger partial charge in [0.05, 0.1) is 0 Å². The van der Waals surface area contributed by atoms with E-state index in [0.29, 0.717) is 19.2 Å². The number of rotatable bonds is 8. The van der Waals surface area contributed by atoms with Crippen molar-refractivity contribution in [2.75, 3.05) is 19.7 Å². The third kappa shape index (κ3) is 7.20. The van der Waals surface area contributed by atoms with Crippen molar-refractivity contribution in [1.29, 1.82) is 0 Å². The van der Waals surface area contributed by atoms with E-state index in [2.05, 4.69) is 10.6 Å². The number of carbonyl (C=O) groups excluding carboxylic acids is 1. The summed E-state index contributed by atoms with van der Waals surface area (Å²) in [5, 5.41) is 6.57. The van der Waals surface area contributed by atoms with E-state index in [-0.39, 0.29) is 18.3 Å². The van der Waals surface area contributed by atoms with Crippen LogP contribution >= 0.6 is 12.4 Å². The molecule has 0 heterocycles. The van der Waals surface area contributed by atoms with Gasteiger partial charge in [-0.1, -0.05) is 56.0 Å². The van der Waals surface area contributed by atoms with Crippen molar-refractivity contribution in [2.45, 2.75) is 57.6 Å². The number of hydrogen-bond donors (Lipinski definition) is 2. The van der Waals surface area contributed by atoms with Crippen LogP contribution in [0.1, 0.15) is 57.1 Å². The van der Waals surface area contributed by atoms with Crippen LogP contribution in [0.15, 0.2) is 30.3 Å². The first-order valence-corrected chi connectivity index (χ1v) is 8.99. The fourth-order valence-corrected chi connectivity index (χ4v) is 3.16. The lowest BCUT2D eigenvalue weighted by Crippen LogP contribution is -2.39. The number of amides is 1. The van der Waals surface area contributed by atoms with Crippen molar-refractivity contribution >= 4 is 18.3 Å². The number of benzene rings is 1. The zero-order chi connectivity index (χ0) is 16.3. The summed E-state index contributed by atoms with van der Waals surface area (Å²) in [5.74, 6) is -0.0549. The predicted octanol–water partition coefficient (Wildman–Crippen LogP) is 3.61. The Morgan fingerprint density at radius 1 is 1.12 bits per heavy atom. The molecule has 4 nitrogen and oxygen atoms in total. The molecule has 24 heavy (non-hydrogen) atoms. The van der Waals surface area contributed by atoms with Crippen LogP contribution < -0.4 is 10.6 Å². The smallest absolute Gasteiger partial charge is 0.253 e. The lowest BCUT2D eigenvalue weighted by molar-refractivity contribution is -0.132. The van der Waals surface area contributed by atoms with Crippen LogP contribution in [0.3, 0.4) is 0 Å². The molecule has 0 radical (unpaired) electrons. The summed E-state index contributed by atoms with van der Waals surface area (Å²) < 4.78 is 5.62. The molecule has 5 heteroatoms. The van der Waals surface area contributed by atoms with E-state index in [1.54, 1.807) is 0 Å². The molecule has 1 saturated carbocycles. The molecular weight excluding hydrogens is 324 g/mol. The summed E-state index contributed by atoms with van der Waals surface area (Å²) in [6.07, 6.45) is 7.39. The SMILES string of the molecule is CCOC(C(=O)NCCNC1CCCCCC1)c1ccccc1.Cl. The topological polar surface area (TPSA) is 50.4 Å². The minimum Gasteiger partial charge on any atom is -0.364 e. The Balaban J connectivity index is 0.00000288. The van der Waals surface area contributed by atoms with Crippen molar-refractivity contribution in [3.05, 3.63) is 35.9 Å². The van der Waals surface area contributed by atoms with Gasteiger partial charge >= 0.3 is 0 Å². The van der Waals surface area contributed by atoms with Gasteiger partial charge < -0.3 is 15.4 Å². The fraction of sp³-hybridized carbons (Fsp3) is 0.632. The maximum absolute atomic E-state index is 12.4. The molecule has 1 amide bonds. The van der Waals surface area contributed by atoms with E-state index < -0.39 is 6.10 Å². The second-order valence-electron chi connectivity index (χ2n) is 6.18. The molecule has 136 valence electrons. The lowest BCUT2D eigenvalue weighted by Gasteiger charge is -2.19. The van der Waals surface area contributed by atoms with Crippen molar-refractivity contribution in [3.8, 4) is 0 Å². The molecule has 1 aliphatic rings. The van der Waals surface area contributed by atoms with E-state index in [0.717, 1.165) is 12.1 Å². The Hall–Kier alpha value is -1.10. The Morgan fingerprint density at radius 2 is 1.79 bits per heavy atom. The molecule has 1 atom stereocenters. The summed E-state index contributed by atoms with van der Waals surface area (Å²) >= 11 is 0. The van der Waals surface area contributed by atoms with Crippen molar-refractivity contribution in [2.24, 2.45) is 0 Å². The molecule has 1 aromatic rings. The standard InChI is InChI=1S/C19H30N2O2.ClH/c1-2-23-18(16-10-6-5-7-11-16)19(22)21-15-14-20-17-12-8-3-4-9-13-17;/h5-7,10-11,17-18,20H,2-4,8-9,12-15H2,1H3,(H,21,22);1H. The first-order chi connectivity index (χ1) is 11.3. The number of hydrogen-bond acceptors (Lipinski definition) is 3. The molecule has 1 aliphatic carbocycles. The molecular formula is C19H31ClN2O2. The second kappa shape index (κ2) is 12.3. The maximum atomic E-state index is 12.4. The fourth-order valence-electron chi connectivity index (χ4n) is 3.16. The highest BCUT2D eigenvalue weighted by molar-refractivity contribution is 5.85. The normalized spacial score (nSPS) is 16.7. The number of halogens is 1. The highest BCUT2D eigenvalue weighted by atomic mass is 35.5. The number of ether oxygens (including phenoxy) is 1. The first-order valence-electron chi connectivity index (χ1n) is 8.99. The third-order valence-electron chi connectivity index (χ3n) is 4.39. The van der Waals surface area contributed by atoms with Gasteiger partial charge in [-0.25, -0.2) is 0 Å². The van der Waals surface area contributed by atoms with Gasteiger partial charge in [0.1, 0.15) is 0 Å². The van der Waals surface area contributed by atoms with Crippen molar-refractivity contribution < 1.29 is 9.53 Å². The highest BCUT2D eigenvalue weighted by Gasteiger charge is 2.20.